The zero-order chi connectivity index (χ0) is 15.2. The van der Waals surface area contributed by atoms with Crippen LogP contribution >= 0.6 is 0 Å². The first-order chi connectivity index (χ1) is 10.1. The van der Waals surface area contributed by atoms with Gasteiger partial charge in [-0.2, -0.15) is 0 Å². The van der Waals surface area contributed by atoms with Gasteiger partial charge in [0.25, 0.3) is 0 Å². The number of carbonyl (C=O) groups is 2. The van der Waals surface area contributed by atoms with Crippen molar-refractivity contribution in [3.63, 3.8) is 0 Å². The minimum Gasteiger partial charge on any atom is -0.356 e. The molecule has 0 radical (unpaired) electrons. The largest absolute Gasteiger partial charge is 0.356 e. The molecule has 2 atom stereocenters. The van der Waals surface area contributed by atoms with Gasteiger partial charge in [-0.05, 0) is 45.6 Å². The lowest BCUT2D eigenvalue weighted by Crippen LogP contribution is -2.30. The molecule has 0 saturated heterocycles. The number of amides is 2. The van der Waals surface area contributed by atoms with E-state index in [0.717, 1.165) is 18.7 Å². The van der Waals surface area contributed by atoms with Gasteiger partial charge in [-0.15, -0.1) is 0 Å². The molecule has 0 aliphatic heterocycles. The van der Waals surface area contributed by atoms with Crippen molar-refractivity contribution in [2.24, 2.45) is 11.8 Å². The van der Waals surface area contributed by atoms with Crippen molar-refractivity contribution in [3.8, 4) is 0 Å². The Morgan fingerprint density at radius 2 is 1.81 bits per heavy atom. The van der Waals surface area contributed by atoms with Gasteiger partial charge in [0.1, 0.15) is 0 Å². The molecular weight excluding hydrogens is 266 g/mol. The molecule has 0 bridgehead atoms. The molecule has 0 spiro atoms. The lowest BCUT2D eigenvalue weighted by Gasteiger charge is -2.09. The molecule has 5 nitrogen and oxygen atoms in total. The number of nitrogens with one attached hydrogen (secondary N) is 2. The Morgan fingerprint density at radius 1 is 1.14 bits per heavy atom. The smallest absolute Gasteiger partial charge is 0.228 e. The molecule has 114 valence electrons. The summed E-state index contributed by atoms with van der Waals surface area (Å²) in [6, 6.07) is 9.33. The van der Waals surface area contributed by atoms with Crippen LogP contribution in [0.1, 0.15) is 12.8 Å². The molecule has 0 heterocycles. The van der Waals surface area contributed by atoms with E-state index >= 15 is 0 Å². The Kier molecular flexibility index (Phi) is 5.33. The molecule has 1 aromatic rings. The predicted octanol–water partition coefficient (Wildman–Crippen LogP) is 1.33. The number of hydrogen-bond acceptors (Lipinski definition) is 3. The number of carbonyl (C=O) groups excluding carboxylic acids is 2. The Hall–Kier alpha value is -1.88. The number of para-hydroxylation sites is 1. The minimum absolute atomic E-state index is 0.00182. The van der Waals surface area contributed by atoms with Gasteiger partial charge in [-0.3, -0.25) is 9.59 Å². The number of anilines is 1. The summed E-state index contributed by atoms with van der Waals surface area (Å²) >= 11 is 0. The minimum atomic E-state index is -0.181. The maximum atomic E-state index is 12.0. The van der Waals surface area contributed by atoms with Crippen molar-refractivity contribution < 1.29 is 9.59 Å². The van der Waals surface area contributed by atoms with E-state index in [-0.39, 0.29) is 23.7 Å². The second kappa shape index (κ2) is 7.22. The standard InChI is InChI=1S/C16H23N3O2/c1-19(2)10-6-9-17-15(20)13-11-14(13)16(21)18-12-7-4-3-5-8-12/h3-5,7-8,13-14H,6,9-11H2,1-2H3,(H,17,20)(H,18,21). The van der Waals surface area contributed by atoms with Crippen molar-refractivity contribution in [1.29, 1.82) is 0 Å². The van der Waals surface area contributed by atoms with E-state index in [1.54, 1.807) is 0 Å². The average molecular weight is 289 g/mol. The van der Waals surface area contributed by atoms with Crippen molar-refractivity contribution in [2.75, 3.05) is 32.5 Å². The van der Waals surface area contributed by atoms with E-state index in [2.05, 4.69) is 15.5 Å². The topological polar surface area (TPSA) is 61.4 Å². The Morgan fingerprint density at radius 3 is 2.48 bits per heavy atom. The van der Waals surface area contributed by atoms with Crippen molar-refractivity contribution >= 4 is 17.5 Å². The van der Waals surface area contributed by atoms with Crippen LogP contribution in [0, 0.1) is 11.8 Å². The molecule has 1 aliphatic rings. The predicted molar refractivity (Wildman–Crippen MR) is 82.8 cm³/mol. The monoisotopic (exact) mass is 289 g/mol. The third-order valence-corrected chi connectivity index (χ3v) is 3.59. The van der Waals surface area contributed by atoms with Crippen molar-refractivity contribution in [2.45, 2.75) is 12.8 Å². The zero-order valence-electron chi connectivity index (χ0n) is 12.6. The second-order valence-corrected chi connectivity index (χ2v) is 5.75. The lowest BCUT2D eigenvalue weighted by molar-refractivity contribution is -0.125. The van der Waals surface area contributed by atoms with Crippen LogP contribution in [0.15, 0.2) is 30.3 Å². The van der Waals surface area contributed by atoms with Crippen LogP contribution < -0.4 is 10.6 Å². The molecule has 1 aromatic carbocycles. The summed E-state index contributed by atoms with van der Waals surface area (Å²) in [4.78, 5) is 26.0. The summed E-state index contributed by atoms with van der Waals surface area (Å²) in [5, 5.41) is 5.75. The van der Waals surface area contributed by atoms with Gasteiger partial charge in [-0.25, -0.2) is 0 Å². The zero-order valence-corrected chi connectivity index (χ0v) is 12.6. The van der Waals surface area contributed by atoms with E-state index in [4.69, 9.17) is 0 Å². The van der Waals surface area contributed by atoms with Crippen LogP contribution in [-0.4, -0.2) is 43.9 Å². The summed E-state index contributed by atoms with van der Waals surface area (Å²) in [7, 11) is 4.01. The molecule has 0 aromatic heterocycles. The number of nitrogens with zero attached hydrogens (tertiary/aromatic N) is 1. The highest BCUT2D eigenvalue weighted by molar-refractivity contribution is 5.99. The molecular formula is C16H23N3O2. The van der Waals surface area contributed by atoms with Crippen LogP contribution in [0.2, 0.25) is 0 Å². The first kappa shape index (κ1) is 15.5. The molecule has 2 amide bonds. The van der Waals surface area contributed by atoms with E-state index in [0.29, 0.717) is 13.0 Å². The Balaban J connectivity index is 1.69. The third kappa shape index (κ3) is 4.86. The molecule has 2 unspecified atom stereocenters. The summed E-state index contributed by atoms with van der Waals surface area (Å²) < 4.78 is 0. The molecule has 2 rings (SSSR count). The Labute approximate surface area is 125 Å². The average Bonchev–Trinajstić information content (AvgIpc) is 3.25. The van der Waals surface area contributed by atoms with E-state index in [1.807, 2.05) is 44.4 Å². The van der Waals surface area contributed by atoms with Crippen LogP contribution in [0.5, 0.6) is 0 Å². The lowest BCUT2D eigenvalue weighted by atomic mass is 10.2. The summed E-state index contributed by atoms with van der Waals surface area (Å²) in [6.45, 7) is 1.61. The maximum Gasteiger partial charge on any atom is 0.228 e. The fourth-order valence-electron chi connectivity index (χ4n) is 2.27. The van der Waals surface area contributed by atoms with Crippen LogP contribution in [0.3, 0.4) is 0 Å². The number of benzene rings is 1. The molecule has 5 heteroatoms. The maximum absolute atomic E-state index is 12.0. The SMILES string of the molecule is CN(C)CCCNC(=O)C1CC1C(=O)Nc1ccccc1. The molecule has 2 N–H and O–H groups in total. The third-order valence-electron chi connectivity index (χ3n) is 3.59. The van der Waals surface area contributed by atoms with Gasteiger partial charge in [0.05, 0.1) is 11.8 Å². The van der Waals surface area contributed by atoms with Gasteiger partial charge >= 0.3 is 0 Å². The molecule has 21 heavy (non-hydrogen) atoms. The normalized spacial score (nSPS) is 20.1. The first-order valence-corrected chi connectivity index (χ1v) is 7.36. The number of rotatable bonds is 7. The summed E-state index contributed by atoms with van der Waals surface area (Å²) in [6.07, 6.45) is 1.57. The van der Waals surface area contributed by atoms with Crippen molar-refractivity contribution in [1.82, 2.24) is 10.2 Å². The highest BCUT2D eigenvalue weighted by Gasteiger charge is 2.47. The van der Waals surface area contributed by atoms with Gasteiger partial charge in [0.15, 0.2) is 0 Å². The van der Waals surface area contributed by atoms with E-state index < -0.39 is 0 Å². The van der Waals surface area contributed by atoms with Crippen molar-refractivity contribution in [3.05, 3.63) is 30.3 Å². The van der Waals surface area contributed by atoms with Crippen LogP contribution in [0.4, 0.5) is 5.69 Å². The van der Waals surface area contributed by atoms with Gasteiger partial charge in [0.2, 0.25) is 11.8 Å². The van der Waals surface area contributed by atoms with E-state index in [9.17, 15) is 9.59 Å². The highest BCUT2D eigenvalue weighted by Crippen LogP contribution is 2.39. The van der Waals surface area contributed by atoms with Crippen LogP contribution in [-0.2, 0) is 9.59 Å². The number of hydrogen-bond donors (Lipinski definition) is 2. The molecule has 1 aliphatic carbocycles. The van der Waals surface area contributed by atoms with Gasteiger partial charge in [0, 0.05) is 12.2 Å². The summed E-state index contributed by atoms with van der Waals surface area (Å²) in [5.74, 6) is -0.399. The Bertz CT molecular complexity index is 488. The molecule has 1 fully saturated rings. The van der Waals surface area contributed by atoms with E-state index in [1.165, 1.54) is 0 Å². The fourth-order valence-corrected chi connectivity index (χ4v) is 2.27. The van der Waals surface area contributed by atoms with Gasteiger partial charge < -0.3 is 15.5 Å². The first-order valence-electron chi connectivity index (χ1n) is 7.36. The second-order valence-electron chi connectivity index (χ2n) is 5.75. The quantitative estimate of drug-likeness (QED) is 0.744. The van der Waals surface area contributed by atoms with Gasteiger partial charge in [-0.1, -0.05) is 18.2 Å². The summed E-state index contributed by atoms with van der Waals surface area (Å²) in [5.41, 5.74) is 0.777. The van der Waals surface area contributed by atoms with Crippen LogP contribution in [0.25, 0.3) is 0 Å². The molecule has 1 saturated carbocycles. The highest BCUT2D eigenvalue weighted by atomic mass is 16.2. The fraction of sp³-hybridized carbons (Fsp3) is 0.500.